The van der Waals surface area contributed by atoms with Gasteiger partial charge in [0.25, 0.3) is 5.91 Å². The van der Waals surface area contributed by atoms with Crippen LogP contribution in [-0.4, -0.2) is 17.5 Å². The van der Waals surface area contributed by atoms with Crippen molar-refractivity contribution in [2.75, 3.05) is 6.61 Å². The molecular formula is C18H15FN2O3. The van der Waals surface area contributed by atoms with E-state index in [2.05, 4.69) is 10.3 Å². The molecule has 2 aromatic heterocycles. The highest BCUT2D eigenvalue weighted by atomic mass is 19.1. The summed E-state index contributed by atoms with van der Waals surface area (Å²) >= 11 is 0. The van der Waals surface area contributed by atoms with E-state index in [1.807, 2.05) is 18.2 Å². The van der Waals surface area contributed by atoms with Gasteiger partial charge in [0.1, 0.15) is 0 Å². The lowest BCUT2D eigenvalue weighted by molar-refractivity contribution is -0.123. The minimum Gasteiger partial charge on any atom is -0.481 e. The van der Waals surface area contributed by atoms with Crippen molar-refractivity contribution in [1.29, 1.82) is 0 Å². The standard InChI is InChI=1S/C18H15FN2O3/c19-15-3-1-2-4-17(15)24-12-18(22)21-10-13-5-6-16(20-9-13)14-7-8-23-11-14/h1-9,11H,10,12H2,(H,21,22). The molecule has 0 fully saturated rings. The Kier molecular flexibility index (Phi) is 4.86. The molecule has 3 rings (SSSR count). The van der Waals surface area contributed by atoms with Crippen LogP contribution in [0.1, 0.15) is 5.56 Å². The topological polar surface area (TPSA) is 64.4 Å². The maximum Gasteiger partial charge on any atom is 0.258 e. The molecule has 0 bridgehead atoms. The summed E-state index contributed by atoms with van der Waals surface area (Å²) in [5, 5.41) is 2.70. The molecule has 0 unspecified atom stereocenters. The lowest BCUT2D eigenvalue weighted by Crippen LogP contribution is -2.28. The Morgan fingerprint density at radius 1 is 1.21 bits per heavy atom. The molecule has 0 aliphatic carbocycles. The number of carbonyl (C=O) groups is 1. The van der Waals surface area contributed by atoms with Crippen LogP contribution in [0.3, 0.4) is 0 Å². The number of hydrogen-bond donors (Lipinski definition) is 1. The zero-order valence-electron chi connectivity index (χ0n) is 12.7. The quantitative estimate of drug-likeness (QED) is 0.756. The molecule has 2 heterocycles. The zero-order chi connectivity index (χ0) is 16.8. The summed E-state index contributed by atoms with van der Waals surface area (Å²) in [6, 6.07) is 11.5. The highest BCUT2D eigenvalue weighted by Gasteiger charge is 2.07. The van der Waals surface area contributed by atoms with E-state index in [9.17, 15) is 9.18 Å². The molecule has 0 atom stereocenters. The molecule has 5 nitrogen and oxygen atoms in total. The number of hydrogen-bond acceptors (Lipinski definition) is 4. The molecule has 1 amide bonds. The lowest BCUT2D eigenvalue weighted by atomic mass is 10.2. The second kappa shape index (κ2) is 7.41. The first kappa shape index (κ1) is 15.7. The van der Waals surface area contributed by atoms with Gasteiger partial charge >= 0.3 is 0 Å². The second-order valence-electron chi connectivity index (χ2n) is 5.06. The average Bonchev–Trinajstić information content (AvgIpc) is 3.14. The summed E-state index contributed by atoms with van der Waals surface area (Å²) < 4.78 is 23.5. The van der Waals surface area contributed by atoms with Gasteiger partial charge in [0.2, 0.25) is 0 Å². The molecule has 0 spiro atoms. The minimum absolute atomic E-state index is 0.0544. The van der Waals surface area contributed by atoms with Crippen molar-refractivity contribution < 1.29 is 18.3 Å². The number of pyridine rings is 1. The number of benzene rings is 1. The smallest absolute Gasteiger partial charge is 0.258 e. The van der Waals surface area contributed by atoms with Gasteiger partial charge in [-0.15, -0.1) is 0 Å². The van der Waals surface area contributed by atoms with Gasteiger partial charge in [-0.3, -0.25) is 9.78 Å². The van der Waals surface area contributed by atoms with E-state index in [1.54, 1.807) is 30.9 Å². The molecular weight excluding hydrogens is 311 g/mol. The van der Waals surface area contributed by atoms with Crippen LogP contribution >= 0.6 is 0 Å². The minimum atomic E-state index is -0.496. The number of carbonyl (C=O) groups excluding carboxylic acids is 1. The third-order valence-corrected chi connectivity index (χ3v) is 3.33. The molecule has 3 aromatic rings. The first-order valence-corrected chi connectivity index (χ1v) is 7.34. The van der Waals surface area contributed by atoms with E-state index in [1.165, 1.54) is 12.1 Å². The normalized spacial score (nSPS) is 10.4. The van der Waals surface area contributed by atoms with Crippen molar-refractivity contribution in [1.82, 2.24) is 10.3 Å². The van der Waals surface area contributed by atoms with E-state index in [0.29, 0.717) is 6.54 Å². The van der Waals surface area contributed by atoms with E-state index in [4.69, 9.17) is 9.15 Å². The largest absolute Gasteiger partial charge is 0.481 e. The van der Waals surface area contributed by atoms with Crippen molar-refractivity contribution in [2.45, 2.75) is 6.54 Å². The van der Waals surface area contributed by atoms with E-state index in [0.717, 1.165) is 16.8 Å². The Labute approximate surface area is 138 Å². The van der Waals surface area contributed by atoms with Crippen LogP contribution in [0.4, 0.5) is 4.39 Å². The summed E-state index contributed by atoms with van der Waals surface area (Å²) in [5.41, 5.74) is 2.53. The van der Waals surface area contributed by atoms with Crippen LogP contribution in [0.15, 0.2) is 65.6 Å². The van der Waals surface area contributed by atoms with Crippen molar-refractivity contribution in [3.05, 3.63) is 72.6 Å². The van der Waals surface area contributed by atoms with E-state index >= 15 is 0 Å². The Bertz CT molecular complexity index is 801. The summed E-state index contributed by atoms with van der Waals surface area (Å²) in [7, 11) is 0. The Morgan fingerprint density at radius 2 is 2.08 bits per heavy atom. The molecule has 122 valence electrons. The molecule has 0 aliphatic rings. The Hall–Kier alpha value is -3.15. The van der Waals surface area contributed by atoms with Crippen LogP contribution in [0.5, 0.6) is 5.75 Å². The number of aromatic nitrogens is 1. The third-order valence-electron chi connectivity index (χ3n) is 3.33. The third kappa shape index (κ3) is 3.98. The van der Waals surface area contributed by atoms with Crippen LogP contribution < -0.4 is 10.1 Å². The van der Waals surface area contributed by atoms with Crippen molar-refractivity contribution in [3.8, 4) is 17.0 Å². The van der Waals surface area contributed by atoms with Crippen LogP contribution in [0.25, 0.3) is 11.3 Å². The summed E-state index contributed by atoms with van der Waals surface area (Å²) in [4.78, 5) is 16.1. The predicted molar refractivity (Wildman–Crippen MR) is 85.7 cm³/mol. The first-order chi connectivity index (χ1) is 11.7. The molecule has 0 radical (unpaired) electrons. The molecule has 1 aromatic carbocycles. The lowest BCUT2D eigenvalue weighted by Gasteiger charge is -2.08. The molecule has 0 saturated heterocycles. The number of halogens is 1. The van der Waals surface area contributed by atoms with Gasteiger partial charge in [-0.2, -0.15) is 0 Å². The summed E-state index contributed by atoms with van der Waals surface area (Å²) in [5.74, 6) is -0.778. The van der Waals surface area contributed by atoms with Gasteiger partial charge in [-0.1, -0.05) is 18.2 Å². The molecule has 24 heavy (non-hydrogen) atoms. The van der Waals surface area contributed by atoms with Crippen molar-refractivity contribution >= 4 is 5.91 Å². The zero-order valence-corrected chi connectivity index (χ0v) is 12.7. The maximum atomic E-state index is 13.4. The number of nitrogens with zero attached hydrogens (tertiary/aromatic N) is 1. The number of nitrogens with one attached hydrogen (secondary N) is 1. The van der Waals surface area contributed by atoms with Gasteiger partial charge in [0, 0.05) is 18.3 Å². The predicted octanol–water partition coefficient (Wildman–Crippen LogP) is 3.18. The molecule has 6 heteroatoms. The van der Waals surface area contributed by atoms with Crippen LogP contribution in [0, 0.1) is 5.82 Å². The van der Waals surface area contributed by atoms with Gasteiger partial charge < -0.3 is 14.5 Å². The highest BCUT2D eigenvalue weighted by molar-refractivity contribution is 5.77. The van der Waals surface area contributed by atoms with Gasteiger partial charge in [-0.25, -0.2) is 4.39 Å². The fourth-order valence-electron chi connectivity index (χ4n) is 2.07. The van der Waals surface area contributed by atoms with Gasteiger partial charge in [0.05, 0.1) is 18.2 Å². The number of para-hydroxylation sites is 1. The van der Waals surface area contributed by atoms with Crippen LogP contribution in [-0.2, 0) is 11.3 Å². The van der Waals surface area contributed by atoms with Crippen molar-refractivity contribution in [3.63, 3.8) is 0 Å². The van der Waals surface area contributed by atoms with Gasteiger partial charge in [-0.05, 0) is 29.8 Å². The maximum absolute atomic E-state index is 13.4. The monoisotopic (exact) mass is 326 g/mol. The van der Waals surface area contributed by atoms with Crippen LogP contribution in [0.2, 0.25) is 0 Å². The highest BCUT2D eigenvalue weighted by Crippen LogP contribution is 2.17. The number of amides is 1. The van der Waals surface area contributed by atoms with E-state index in [-0.39, 0.29) is 18.3 Å². The summed E-state index contributed by atoms with van der Waals surface area (Å²) in [6.45, 7) is 0.0690. The Balaban J connectivity index is 1.48. The first-order valence-electron chi connectivity index (χ1n) is 7.34. The molecule has 0 aliphatic heterocycles. The van der Waals surface area contributed by atoms with E-state index < -0.39 is 5.82 Å². The number of ether oxygens (including phenoxy) is 1. The molecule has 0 saturated carbocycles. The Morgan fingerprint density at radius 3 is 2.79 bits per heavy atom. The second-order valence-corrected chi connectivity index (χ2v) is 5.06. The fraction of sp³-hybridized carbons (Fsp3) is 0.111. The summed E-state index contributed by atoms with van der Waals surface area (Å²) in [6.07, 6.45) is 4.88. The number of furan rings is 1. The molecule has 1 N–H and O–H groups in total. The van der Waals surface area contributed by atoms with Gasteiger partial charge in [0.15, 0.2) is 18.2 Å². The van der Waals surface area contributed by atoms with Crippen molar-refractivity contribution in [2.24, 2.45) is 0 Å². The number of rotatable bonds is 6. The fourth-order valence-corrected chi connectivity index (χ4v) is 2.07. The SMILES string of the molecule is O=C(COc1ccccc1F)NCc1ccc(-c2ccoc2)nc1. The average molecular weight is 326 g/mol.